The van der Waals surface area contributed by atoms with Crippen LogP contribution in [0.15, 0.2) is 18.2 Å². The summed E-state index contributed by atoms with van der Waals surface area (Å²) in [6, 6.07) is 5.96. The van der Waals surface area contributed by atoms with Crippen molar-refractivity contribution in [2.45, 2.75) is 27.4 Å². The Hall–Kier alpha value is -1.81. The van der Waals surface area contributed by atoms with Gasteiger partial charge in [-0.15, -0.1) is 0 Å². The van der Waals surface area contributed by atoms with Crippen LogP contribution in [-0.4, -0.2) is 21.9 Å². The van der Waals surface area contributed by atoms with Crippen molar-refractivity contribution in [3.8, 4) is 17.0 Å². The molecule has 18 heavy (non-hydrogen) atoms. The number of rotatable bonds is 4. The molecule has 0 saturated carbocycles. The Kier molecular flexibility index (Phi) is 3.67. The van der Waals surface area contributed by atoms with E-state index in [1.807, 2.05) is 32.9 Å². The van der Waals surface area contributed by atoms with Crippen molar-refractivity contribution in [3.63, 3.8) is 0 Å². The SMILES string of the molecule is CCOc1cc(C)c(-c2cc(CO)[nH]n2)cc1C. The van der Waals surface area contributed by atoms with Gasteiger partial charge in [0.05, 0.1) is 24.6 Å². The monoisotopic (exact) mass is 246 g/mol. The maximum atomic E-state index is 9.04. The van der Waals surface area contributed by atoms with Gasteiger partial charge in [0.2, 0.25) is 0 Å². The molecular formula is C14H18N2O2. The highest BCUT2D eigenvalue weighted by Crippen LogP contribution is 2.29. The molecular weight excluding hydrogens is 228 g/mol. The zero-order chi connectivity index (χ0) is 13.1. The molecule has 0 bridgehead atoms. The molecule has 1 heterocycles. The second kappa shape index (κ2) is 5.23. The fourth-order valence-corrected chi connectivity index (χ4v) is 1.96. The molecule has 2 N–H and O–H groups in total. The maximum absolute atomic E-state index is 9.04. The van der Waals surface area contributed by atoms with Crippen LogP contribution in [0.25, 0.3) is 11.3 Å². The van der Waals surface area contributed by atoms with Crippen molar-refractivity contribution in [2.75, 3.05) is 6.61 Å². The van der Waals surface area contributed by atoms with Crippen molar-refractivity contribution in [3.05, 3.63) is 35.0 Å². The fraction of sp³-hybridized carbons (Fsp3) is 0.357. The molecule has 0 aliphatic rings. The molecule has 0 fully saturated rings. The molecule has 0 unspecified atom stereocenters. The summed E-state index contributed by atoms with van der Waals surface area (Å²) in [6.07, 6.45) is 0. The zero-order valence-electron chi connectivity index (χ0n) is 10.9. The van der Waals surface area contributed by atoms with Crippen molar-refractivity contribution < 1.29 is 9.84 Å². The van der Waals surface area contributed by atoms with E-state index in [9.17, 15) is 0 Å². The van der Waals surface area contributed by atoms with Crippen LogP contribution in [0, 0.1) is 13.8 Å². The Bertz CT molecular complexity index is 547. The van der Waals surface area contributed by atoms with Gasteiger partial charge in [-0.1, -0.05) is 0 Å². The molecule has 4 heteroatoms. The molecule has 1 aromatic heterocycles. The Morgan fingerprint density at radius 3 is 2.61 bits per heavy atom. The molecule has 1 aromatic carbocycles. The molecule has 0 aliphatic heterocycles. The van der Waals surface area contributed by atoms with Gasteiger partial charge in [0.15, 0.2) is 0 Å². The number of benzene rings is 1. The minimum atomic E-state index is -0.0257. The third kappa shape index (κ3) is 2.38. The topological polar surface area (TPSA) is 58.1 Å². The highest BCUT2D eigenvalue weighted by Gasteiger charge is 2.10. The Labute approximate surface area is 107 Å². The standard InChI is InChI=1S/C14H18N2O2/c1-4-18-14-6-9(2)12(5-10(14)3)13-7-11(8-17)15-16-13/h5-7,17H,4,8H2,1-3H3,(H,15,16). The molecule has 0 aliphatic carbocycles. The first-order chi connectivity index (χ1) is 8.65. The smallest absolute Gasteiger partial charge is 0.122 e. The highest BCUT2D eigenvalue weighted by molar-refractivity contribution is 5.66. The summed E-state index contributed by atoms with van der Waals surface area (Å²) < 4.78 is 5.57. The van der Waals surface area contributed by atoms with Crippen LogP contribution in [0.4, 0.5) is 0 Å². The number of aliphatic hydroxyl groups excluding tert-OH is 1. The van der Waals surface area contributed by atoms with Gasteiger partial charge in [-0.2, -0.15) is 5.10 Å². The van der Waals surface area contributed by atoms with Crippen LogP contribution in [0.1, 0.15) is 23.7 Å². The Morgan fingerprint density at radius 1 is 1.22 bits per heavy atom. The lowest BCUT2D eigenvalue weighted by atomic mass is 10.0. The van der Waals surface area contributed by atoms with E-state index in [4.69, 9.17) is 9.84 Å². The van der Waals surface area contributed by atoms with Gasteiger partial charge in [0.25, 0.3) is 0 Å². The Balaban J connectivity index is 2.42. The maximum Gasteiger partial charge on any atom is 0.122 e. The van der Waals surface area contributed by atoms with Crippen LogP contribution in [-0.2, 0) is 6.61 Å². The fourth-order valence-electron chi connectivity index (χ4n) is 1.96. The summed E-state index contributed by atoms with van der Waals surface area (Å²) in [4.78, 5) is 0. The molecule has 0 saturated heterocycles. The molecule has 96 valence electrons. The number of nitrogens with one attached hydrogen (secondary N) is 1. The molecule has 2 aromatic rings. The summed E-state index contributed by atoms with van der Waals surface area (Å²) in [6.45, 7) is 6.67. The highest BCUT2D eigenvalue weighted by atomic mass is 16.5. The average molecular weight is 246 g/mol. The van der Waals surface area contributed by atoms with E-state index in [1.54, 1.807) is 0 Å². The zero-order valence-corrected chi connectivity index (χ0v) is 10.9. The van der Waals surface area contributed by atoms with Crippen molar-refractivity contribution >= 4 is 0 Å². The van der Waals surface area contributed by atoms with Gasteiger partial charge >= 0.3 is 0 Å². The predicted molar refractivity (Wildman–Crippen MR) is 70.6 cm³/mol. The van der Waals surface area contributed by atoms with Gasteiger partial charge < -0.3 is 9.84 Å². The number of nitrogens with zero attached hydrogens (tertiary/aromatic N) is 1. The van der Waals surface area contributed by atoms with Gasteiger partial charge in [-0.3, -0.25) is 5.10 Å². The van der Waals surface area contributed by atoms with Gasteiger partial charge in [0.1, 0.15) is 5.75 Å². The summed E-state index contributed by atoms with van der Waals surface area (Å²) in [5.41, 5.74) is 4.83. The number of aromatic nitrogens is 2. The molecule has 4 nitrogen and oxygen atoms in total. The normalized spacial score (nSPS) is 10.7. The van der Waals surface area contributed by atoms with Crippen molar-refractivity contribution in [1.82, 2.24) is 10.2 Å². The second-order valence-corrected chi connectivity index (χ2v) is 4.30. The number of aliphatic hydroxyl groups is 1. The van der Waals surface area contributed by atoms with E-state index < -0.39 is 0 Å². The minimum absolute atomic E-state index is 0.0257. The average Bonchev–Trinajstić information content (AvgIpc) is 2.82. The van der Waals surface area contributed by atoms with E-state index in [1.165, 1.54) is 0 Å². The van der Waals surface area contributed by atoms with Crippen LogP contribution < -0.4 is 4.74 Å². The predicted octanol–water partition coefficient (Wildman–Crippen LogP) is 2.58. The summed E-state index contributed by atoms with van der Waals surface area (Å²) >= 11 is 0. The molecule has 0 spiro atoms. The van der Waals surface area contributed by atoms with Crippen LogP contribution in [0.5, 0.6) is 5.75 Å². The van der Waals surface area contributed by atoms with E-state index >= 15 is 0 Å². The molecule has 2 rings (SSSR count). The van der Waals surface area contributed by atoms with Gasteiger partial charge in [0, 0.05) is 5.56 Å². The lowest BCUT2D eigenvalue weighted by molar-refractivity contribution is 0.276. The minimum Gasteiger partial charge on any atom is -0.494 e. The quantitative estimate of drug-likeness (QED) is 0.871. The number of hydrogen-bond donors (Lipinski definition) is 2. The molecule has 0 radical (unpaired) electrons. The summed E-state index contributed by atoms with van der Waals surface area (Å²) in [7, 11) is 0. The van der Waals surface area contributed by atoms with Crippen LogP contribution in [0.3, 0.4) is 0 Å². The van der Waals surface area contributed by atoms with Crippen LogP contribution in [0.2, 0.25) is 0 Å². The van der Waals surface area contributed by atoms with Gasteiger partial charge in [-0.25, -0.2) is 0 Å². The lowest BCUT2D eigenvalue weighted by Crippen LogP contribution is -1.96. The van der Waals surface area contributed by atoms with Crippen LogP contribution >= 0.6 is 0 Å². The number of ether oxygens (including phenoxy) is 1. The van der Waals surface area contributed by atoms with E-state index in [0.717, 1.165) is 33.8 Å². The van der Waals surface area contributed by atoms with E-state index in [0.29, 0.717) is 6.61 Å². The third-order valence-electron chi connectivity index (χ3n) is 2.90. The van der Waals surface area contributed by atoms with Gasteiger partial charge in [-0.05, 0) is 50.1 Å². The molecule has 0 atom stereocenters. The van der Waals surface area contributed by atoms with Crippen molar-refractivity contribution in [1.29, 1.82) is 0 Å². The van der Waals surface area contributed by atoms with Crippen molar-refractivity contribution in [2.24, 2.45) is 0 Å². The number of aromatic amines is 1. The van der Waals surface area contributed by atoms with E-state index in [2.05, 4.69) is 16.3 Å². The Morgan fingerprint density at radius 2 is 2.00 bits per heavy atom. The second-order valence-electron chi connectivity index (χ2n) is 4.30. The number of hydrogen-bond acceptors (Lipinski definition) is 3. The lowest BCUT2D eigenvalue weighted by Gasteiger charge is -2.11. The van der Waals surface area contributed by atoms with E-state index in [-0.39, 0.29) is 6.61 Å². The largest absolute Gasteiger partial charge is 0.494 e. The third-order valence-corrected chi connectivity index (χ3v) is 2.90. The molecule has 0 amide bonds. The summed E-state index contributed by atoms with van der Waals surface area (Å²) in [5.74, 6) is 0.914. The first-order valence-corrected chi connectivity index (χ1v) is 6.05. The number of aryl methyl sites for hydroxylation is 2. The first kappa shape index (κ1) is 12.6. The summed E-state index contributed by atoms with van der Waals surface area (Å²) in [5, 5.41) is 16.1. The first-order valence-electron chi connectivity index (χ1n) is 6.05. The number of H-pyrrole nitrogens is 1.